The molecule has 0 spiro atoms. The molecule has 1 aliphatic rings. The number of carbonyl (C=O) groups excluding carboxylic acids is 1. The lowest BCUT2D eigenvalue weighted by atomic mass is 10.2. The molecule has 1 aliphatic heterocycles. The van der Waals surface area contributed by atoms with Gasteiger partial charge in [0.25, 0.3) is 5.91 Å². The Morgan fingerprint density at radius 1 is 1.00 bits per heavy atom. The minimum Gasteiger partial charge on any atom is -0.463 e. The second kappa shape index (κ2) is 8.31. The predicted octanol–water partition coefficient (Wildman–Crippen LogP) is 5.18. The quantitative estimate of drug-likeness (QED) is 0.426. The zero-order valence-electron chi connectivity index (χ0n) is 17.1. The van der Waals surface area contributed by atoms with Crippen LogP contribution in [0.5, 0.6) is 0 Å². The summed E-state index contributed by atoms with van der Waals surface area (Å²) in [5.41, 5.74) is 2.69. The summed E-state index contributed by atoms with van der Waals surface area (Å²) >= 11 is 6.31. The van der Waals surface area contributed by atoms with Gasteiger partial charge in [-0.25, -0.2) is 8.78 Å². The Kier molecular flexibility index (Phi) is 5.35. The van der Waals surface area contributed by atoms with Crippen LogP contribution in [0.15, 0.2) is 65.3 Å². The molecule has 2 aromatic heterocycles. The van der Waals surface area contributed by atoms with E-state index in [1.54, 1.807) is 21.6 Å². The summed E-state index contributed by atoms with van der Waals surface area (Å²) in [6.07, 6.45) is 1.51. The Balaban J connectivity index is 1.40. The van der Waals surface area contributed by atoms with Crippen LogP contribution >= 0.6 is 11.6 Å². The number of carbonyl (C=O) groups is 1. The van der Waals surface area contributed by atoms with Crippen molar-refractivity contribution in [3.8, 4) is 0 Å². The average Bonchev–Trinajstić information content (AvgIpc) is 3.39. The molecule has 3 heterocycles. The summed E-state index contributed by atoms with van der Waals surface area (Å²) in [5.74, 6) is -2.00. The number of benzene rings is 2. The maximum absolute atomic E-state index is 14.3. The number of rotatable bonds is 4. The normalized spacial score (nSPS) is 14.3. The van der Waals surface area contributed by atoms with Gasteiger partial charge in [-0.3, -0.25) is 4.79 Å². The highest BCUT2D eigenvalue weighted by molar-refractivity contribution is 6.33. The molecule has 5 nitrogen and oxygen atoms in total. The zero-order valence-corrected chi connectivity index (χ0v) is 17.9. The van der Waals surface area contributed by atoms with Gasteiger partial charge in [0, 0.05) is 43.9 Å². The van der Waals surface area contributed by atoms with Crippen molar-refractivity contribution in [3.63, 3.8) is 0 Å². The number of hydrogen-bond donors (Lipinski definition) is 0. The van der Waals surface area contributed by atoms with Crippen LogP contribution in [-0.2, 0) is 6.54 Å². The molecule has 1 fully saturated rings. The van der Waals surface area contributed by atoms with Crippen LogP contribution in [0, 0.1) is 11.6 Å². The van der Waals surface area contributed by atoms with Crippen LogP contribution in [0.2, 0.25) is 5.02 Å². The smallest absolute Gasteiger partial charge is 0.270 e. The number of piperazine rings is 1. The number of aromatic nitrogens is 1. The summed E-state index contributed by atoms with van der Waals surface area (Å²) in [7, 11) is 0. The Hall–Kier alpha value is -3.32. The fraction of sp³-hybridized carbons (Fsp3) is 0.208. The highest BCUT2D eigenvalue weighted by Gasteiger charge is 2.27. The fourth-order valence-electron chi connectivity index (χ4n) is 4.19. The van der Waals surface area contributed by atoms with E-state index in [1.165, 1.54) is 18.4 Å². The predicted molar refractivity (Wildman–Crippen MR) is 119 cm³/mol. The van der Waals surface area contributed by atoms with E-state index in [-0.39, 0.29) is 18.0 Å². The summed E-state index contributed by atoms with van der Waals surface area (Å²) in [6.45, 7) is 2.35. The molecule has 4 aromatic rings. The topological polar surface area (TPSA) is 41.6 Å². The lowest BCUT2D eigenvalue weighted by Crippen LogP contribution is -2.49. The standard InChI is InChI=1S/C24H20ClF2N3O2/c25-17-5-1-2-7-19(17)28-9-11-29(12-10-28)24(31)21-14-22-20(8-13-32-22)30(21)15-16-4-3-6-18(26)23(16)27/h1-8,13-14H,9-12,15H2. The van der Waals surface area contributed by atoms with Crippen LogP contribution in [0.1, 0.15) is 16.1 Å². The first-order valence-electron chi connectivity index (χ1n) is 10.3. The van der Waals surface area contributed by atoms with Crippen molar-refractivity contribution in [2.75, 3.05) is 31.1 Å². The van der Waals surface area contributed by atoms with E-state index in [4.69, 9.17) is 16.0 Å². The third-order valence-electron chi connectivity index (χ3n) is 5.86. The molecule has 2 aromatic carbocycles. The average molecular weight is 456 g/mol. The van der Waals surface area contributed by atoms with Crippen molar-refractivity contribution in [2.45, 2.75) is 6.54 Å². The molecule has 1 saturated heterocycles. The molecule has 8 heteroatoms. The van der Waals surface area contributed by atoms with Gasteiger partial charge in [0.05, 0.1) is 29.0 Å². The summed E-state index contributed by atoms with van der Waals surface area (Å²) < 4.78 is 35.2. The highest BCUT2D eigenvalue weighted by atomic mass is 35.5. The molecule has 0 N–H and O–H groups in total. The molecule has 0 aliphatic carbocycles. The molecular weight excluding hydrogens is 436 g/mol. The van der Waals surface area contributed by atoms with Gasteiger partial charge in [-0.2, -0.15) is 0 Å². The molecular formula is C24H20ClF2N3O2. The molecule has 0 unspecified atom stereocenters. The molecule has 0 atom stereocenters. The minimum absolute atomic E-state index is 0.0211. The second-order valence-electron chi connectivity index (χ2n) is 7.73. The maximum Gasteiger partial charge on any atom is 0.270 e. The number of para-hydroxylation sites is 1. The van der Waals surface area contributed by atoms with E-state index in [1.807, 2.05) is 24.3 Å². The SMILES string of the molecule is O=C(c1cc2occc2n1Cc1cccc(F)c1F)N1CCN(c2ccccc2Cl)CC1. The minimum atomic E-state index is -0.915. The molecule has 0 radical (unpaired) electrons. The lowest BCUT2D eigenvalue weighted by molar-refractivity contribution is 0.0736. The van der Waals surface area contributed by atoms with Gasteiger partial charge >= 0.3 is 0 Å². The summed E-state index contributed by atoms with van der Waals surface area (Å²) in [4.78, 5) is 17.3. The van der Waals surface area contributed by atoms with Gasteiger partial charge in [0.2, 0.25) is 0 Å². The largest absolute Gasteiger partial charge is 0.463 e. The van der Waals surface area contributed by atoms with Crippen molar-refractivity contribution >= 4 is 34.3 Å². The van der Waals surface area contributed by atoms with Crippen LogP contribution < -0.4 is 4.90 Å². The Morgan fingerprint density at radius 2 is 1.78 bits per heavy atom. The van der Waals surface area contributed by atoms with E-state index in [2.05, 4.69) is 4.90 Å². The lowest BCUT2D eigenvalue weighted by Gasteiger charge is -2.36. The van der Waals surface area contributed by atoms with Crippen LogP contribution in [-0.4, -0.2) is 41.6 Å². The van der Waals surface area contributed by atoms with Crippen LogP contribution in [0.4, 0.5) is 14.5 Å². The Labute approximate surface area is 188 Å². The van der Waals surface area contributed by atoms with Gasteiger partial charge in [0.15, 0.2) is 17.2 Å². The molecule has 0 bridgehead atoms. The van der Waals surface area contributed by atoms with E-state index < -0.39 is 11.6 Å². The van der Waals surface area contributed by atoms with E-state index in [0.717, 1.165) is 11.8 Å². The monoisotopic (exact) mass is 455 g/mol. The van der Waals surface area contributed by atoms with E-state index in [9.17, 15) is 13.6 Å². The Bertz CT molecular complexity index is 1290. The maximum atomic E-state index is 14.3. The van der Waals surface area contributed by atoms with Crippen molar-refractivity contribution in [2.24, 2.45) is 0 Å². The molecule has 32 heavy (non-hydrogen) atoms. The molecule has 5 rings (SSSR count). The van der Waals surface area contributed by atoms with Gasteiger partial charge in [-0.1, -0.05) is 35.9 Å². The first-order valence-corrected chi connectivity index (χ1v) is 10.7. The number of halogens is 3. The highest BCUT2D eigenvalue weighted by Crippen LogP contribution is 2.28. The summed E-state index contributed by atoms with van der Waals surface area (Å²) in [6, 6.07) is 15.1. The molecule has 1 amide bonds. The van der Waals surface area contributed by atoms with Crippen molar-refractivity contribution in [1.29, 1.82) is 0 Å². The van der Waals surface area contributed by atoms with Gasteiger partial charge in [-0.05, 0) is 18.2 Å². The van der Waals surface area contributed by atoms with Crippen molar-refractivity contribution in [1.82, 2.24) is 9.47 Å². The first-order chi connectivity index (χ1) is 15.5. The molecule has 0 saturated carbocycles. The van der Waals surface area contributed by atoms with Gasteiger partial charge in [-0.15, -0.1) is 0 Å². The third-order valence-corrected chi connectivity index (χ3v) is 6.18. The van der Waals surface area contributed by atoms with Crippen molar-refractivity contribution in [3.05, 3.63) is 88.8 Å². The molecule has 164 valence electrons. The fourth-order valence-corrected chi connectivity index (χ4v) is 4.44. The van der Waals surface area contributed by atoms with E-state index >= 15 is 0 Å². The number of hydrogen-bond acceptors (Lipinski definition) is 3. The first kappa shape index (κ1) is 20.6. The summed E-state index contributed by atoms with van der Waals surface area (Å²) in [5, 5.41) is 0.679. The zero-order chi connectivity index (χ0) is 22.2. The van der Waals surface area contributed by atoms with Crippen LogP contribution in [0.25, 0.3) is 11.1 Å². The third kappa shape index (κ3) is 3.62. The second-order valence-corrected chi connectivity index (χ2v) is 8.14. The van der Waals surface area contributed by atoms with Gasteiger partial charge in [0.1, 0.15) is 5.69 Å². The Morgan fingerprint density at radius 3 is 2.56 bits per heavy atom. The number of amides is 1. The van der Waals surface area contributed by atoms with Gasteiger partial charge < -0.3 is 18.8 Å². The number of anilines is 1. The number of nitrogens with zero attached hydrogens (tertiary/aromatic N) is 3. The number of furan rings is 1. The number of fused-ring (bicyclic) bond motifs is 1. The van der Waals surface area contributed by atoms with Crippen molar-refractivity contribution < 1.29 is 18.0 Å². The van der Waals surface area contributed by atoms with E-state index in [0.29, 0.717) is 48.0 Å². The van der Waals surface area contributed by atoms with Crippen LogP contribution in [0.3, 0.4) is 0 Å².